The Balaban J connectivity index is 1.76. The van der Waals surface area contributed by atoms with Gasteiger partial charge in [-0.05, 0) is 11.4 Å². The van der Waals surface area contributed by atoms with Gasteiger partial charge in [0, 0.05) is 21.9 Å². The lowest BCUT2D eigenvalue weighted by Gasteiger charge is -1.97. The van der Waals surface area contributed by atoms with Crippen molar-refractivity contribution in [2.24, 2.45) is 0 Å². The molecule has 0 bridgehead atoms. The molecule has 3 aromatic rings. The number of aromatic nitrogens is 1. The number of rotatable bonds is 4. The summed E-state index contributed by atoms with van der Waals surface area (Å²) in [5.41, 5.74) is 2.72. The molecule has 0 unspecified atom stereocenters. The van der Waals surface area contributed by atoms with E-state index in [2.05, 4.69) is 10.4 Å². The summed E-state index contributed by atoms with van der Waals surface area (Å²) < 4.78 is 0. The van der Waals surface area contributed by atoms with Crippen molar-refractivity contribution in [2.45, 2.75) is 6.42 Å². The number of carbonyl (C=O) groups is 1. The average molecular weight is 285 g/mol. The fraction of sp³-hybridized carbons (Fsp3) is 0.0667. The van der Waals surface area contributed by atoms with Crippen molar-refractivity contribution in [1.29, 1.82) is 0 Å². The summed E-state index contributed by atoms with van der Waals surface area (Å²) >= 11 is 3.24. The van der Waals surface area contributed by atoms with Crippen LogP contribution in [0, 0.1) is 0 Å². The lowest BCUT2D eigenvalue weighted by atomic mass is 10.1. The van der Waals surface area contributed by atoms with Crippen LogP contribution in [0.15, 0.2) is 52.5 Å². The molecule has 19 heavy (non-hydrogen) atoms. The van der Waals surface area contributed by atoms with Gasteiger partial charge in [0.25, 0.3) is 0 Å². The zero-order chi connectivity index (χ0) is 13.1. The smallest absolute Gasteiger partial charge is 0.168 e. The topological polar surface area (TPSA) is 30.0 Å². The van der Waals surface area contributed by atoms with Gasteiger partial charge in [0.2, 0.25) is 0 Å². The van der Waals surface area contributed by atoms with Gasteiger partial charge in [-0.15, -0.1) is 11.3 Å². The Morgan fingerprint density at radius 3 is 2.68 bits per heavy atom. The summed E-state index contributed by atoms with van der Waals surface area (Å²) in [6.45, 7) is 0. The first kappa shape index (κ1) is 12.3. The molecule has 1 aromatic carbocycles. The highest BCUT2D eigenvalue weighted by molar-refractivity contribution is 7.14. The van der Waals surface area contributed by atoms with Gasteiger partial charge < -0.3 is 0 Å². The monoisotopic (exact) mass is 285 g/mol. The van der Waals surface area contributed by atoms with Crippen molar-refractivity contribution in [3.63, 3.8) is 0 Å². The zero-order valence-corrected chi connectivity index (χ0v) is 11.7. The maximum absolute atomic E-state index is 12.1. The number of carbonyl (C=O) groups excluding carboxylic acids is 1. The fourth-order valence-electron chi connectivity index (χ4n) is 1.80. The highest BCUT2D eigenvalue weighted by Crippen LogP contribution is 2.26. The van der Waals surface area contributed by atoms with Crippen LogP contribution in [0.5, 0.6) is 0 Å². The molecule has 0 radical (unpaired) electrons. The normalized spacial score (nSPS) is 10.5. The van der Waals surface area contributed by atoms with E-state index < -0.39 is 0 Å². The lowest BCUT2D eigenvalue weighted by molar-refractivity contribution is 0.0992. The molecule has 0 aliphatic rings. The molecule has 2 heterocycles. The number of thiophene rings is 1. The lowest BCUT2D eigenvalue weighted by Crippen LogP contribution is -2.03. The van der Waals surface area contributed by atoms with Gasteiger partial charge in [0.15, 0.2) is 5.78 Å². The molecule has 0 fully saturated rings. The Morgan fingerprint density at radius 2 is 1.95 bits per heavy atom. The molecule has 0 amide bonds. The van der Waals surface area contributed by atoms with Gasteiger partial charge in [-0.25, -0.2) is 4.98 Å². The third kappa shape index (κ3) is 2.80. The summed E-state index contributed by atoms with van der Waals surface area (Å²) in [4.78, 5) is 16.6. The van der Waals surface area contributed by atoms with Gasteiger partial charge in [0.1, 0.15) is 5.01 Å². The molecule has 0 spiro atoms. The molecular weight excluding hydrogens is 274 g/mol. The first-order valence-electron chi connectivity index (χ1n) is 5.88. The predicted molar refractivity (Wildman–Crippen MR) is 79.9 cm³/mol. The van der Waals surface area contributed by atoms with Crippen molar-refractivity contribution in [1.82, 2.24) is 4.98 Å². The van der Waals surface area contributed by atoms with Gasteiger partial charge in [-0.2, -0.15) is 11.3 Å². The summed E-state index contributed by atoms with van der Waals surface area (Å²) in [6.07, 6.45) is 0.366. The number of hydrogen-bond donors (Lipinski definition) is 0. The van der Waals surface area contributed by atoms with E-state index in [1.165, 1.54) is 0 Å². The maximum Gasteiger partial charge on any atom is 0.168 e. The Hall–Kier alpha value is -1.78. The van der Waals surface area contributed by atoms with Crippen molar-refractivity contribution in [3.8, 4) is 10.6 Å². The van der Waals surface area contributed by atoms with Crippen LogP contribution in [-0.2, 0) is 6.42 Å². The Labute approximate surface area is 119 Å². The minimum atomic E-state index is 0.114. The number of ketones is 1. The Morgan fingerprint density at radius 1 is 1.11 bits per heavy atom. The second-order valence-electron chi connectivity index (χ2n) is 4.12. The van der Waals surface area contributed by atoms with Crippen molar-refractivity contribution >= 4 is 28.5 Å². The maximum atomic E-state index is 12.1. The van der Waals surface area contributed by atoms with Crippen molar-refractivity contribution in [3.05, 3.63) is 63.8 Å². The van der Waals surface area contributed by atoms with Crippen LogP contribution in [0.25, 0.3) is 10.6 Å². The van der Waals surface area contributed by atoms with Gasteiger partial charge in [-0.1, -0.05) is 30.3 Å². The third-order valence-electron chi connectivity index (χ3n) is 2.76. The van der Waals surface area contributed by atoms with E-state index in [-0.39, 0.29) is 5.78 Å². The van der Waals surface area contributed by atoms with E-state index in [9.17, 15) is 4.79 Å². The minimum absolute atomic E-state index is 0.114. The number of nitrogens with zero attached hydrogens (tertiary/aromatic N) is 1. The van der Waals surface area contributed by atoms with Crippen molar-refractivity contribution in [2.75, 3.05) is 0 Å². The first-order valence-corrected chi connectivity index (χ1v) is 7.70. The molecule has 2 nitrogen and oxygen atoms in total. The van der Waals surface area contributed by atoms with Crippen LogP contribution >= 0.6 is 22.7 Å². The summed E-state index contributed by atoms with van der Waals surface area (Å²) in [7, 11) is 0. The van der Waals surface area contributed by atoms with Crippen LogP contribution in [-0.4, -0.2) is 10.8 Å². The van der Waals surface area contributed by atoms with E-state index in [4.69, 9.17) is 0 Å². The highest BCUT2D eigenvalue weighted by atomic mass is 32.1. The second-order valence-corrected chi connectivity index (χ2v) is 5.76. The van der Waals surface area contributed by atoms with Crippen LogP contribution in [0.1, 0.15) is 16.1 Å². The molecule has 0 N–H and O–H groups in total. The molecule has 0 saturated heterocycles. The molecule has 0 aliphatic heterocycles. The van der Waals surface area contributed by atoms with E-state index >= 15 is 0 Å². The molecule has 2 aromatic heterocycles. The zero-order valence-electron chi connectivity index (χ0n) is 10.1. The standard InChI is InChI=1S/C15H11NOS2/c17-14(11-4-2-1-3-5-11)8-13-10-19-15(16-13)12-6-7-18-9-12/h1-7,9-10H,8H2. The Kier molecular flexibility index (Phi) is 3.53. The molecular formula is C15H11NOS2. The van der Waals surface area contributed by atoms with Gasteiger partial charge in [-0.3, -0.25) is 4.79 Å². The number of benzene rings is 1. The van der Waals surface area contributed by atoms with Crippen LogP contribution in [0.4, 0.5) is 0 Å². The SMILES string of the molecule is O=C(Cc1csc(-c2ccsc2)n1)c1ccccc1. The molecule has 0 saturated carbocycles. The largest absolute Gasteiger partial charge is 0.294 e. The third-order valence-corrected chi connectivity index (χ3v) is 4.38. The summed E-state index contributed by atoms with van der Waals surface area (Å²) in [5.74, 6) is 0.114. The first-order chi connectivity index (χ1) is 9.33. The number of thiazole rings is 1. The molecule has 3 rings (SSSR count). The van der Waals surface area contributed by atoms with Gasteiger partial charge >= 0.3 is 0 Å². The van der Waals surface area contributed by atoms with Crippen molar-refractivity contribution < 1.29 is 4.79 Å². The second kappa shape index (κ2) is 5.47. The Bertz CT molecular complexity index is 671. The summed E-state index contributed by atoms with van der Waals surface area (Å²) in [6, 6.07) is 11.4. The summed E-state index contributed by atoms with van der Waals surface area (Å²) in [5, 5.41) is 7.05. The van der Waals surface area contributed by atoms with E-state index in [1.807, 2.05) is 47.2 Å². The van der Waals surface area contributed by atoms with E-state index in [0.717, 1.165) is 21.8 Å². The fourth-order valence-corrected chi connectivity index (χ4v) is 3.33. The van der Waals surface area contributed by atoms with E-state index in [1.54, 1.807) is 22.7 Å². The van der Waals surface area contributed by atoms with Crippen LogP contribution < -0.4 is 0 Å². The quantitative estimate of drug-likeness (QED) is 0.669. The van der Waals surface area contributed by atoms with Crippen LogP contribution in [0.3, 0.4) is 0 Å². The van der Waals surface area contributed by atoms with E-state index in [0.29, 0.717) is 6.42 Å². The molecule has 94 valence electrons. The number of hydrogen-bond acceptors (Lipinski definition) is 4. The predicted octanol–water partition coefficient (Wildman–Crippen LogP) is 4.30. The molecule has 4 heteroatoms. The highest BCUT2D eigenvalue weighted by Gasteiger charge is 2.10. The van der Waals surface area contributed by atoms with Crippen LogP contribution in [0.2, 0.25) is 0 Å². The molecule has 0 aliphatic carbocycles. The van der Waals surface area contributed by atoms with Gasteiger partial charge in [0.05, 0.1) is 12.1 Å². The number of Topliss-reactive ketones (excluding diaryl/α,β-unsaturated/α-hetero) is 1. The molecule has 0 atom stereocenters. The minimum Gasteiger partial charge on any atom is -0.294 e. The average Bonchev–Trinajstić information content (AvgIpc) is 3.10.